The Morgan fingerprint density at radius 2 is 2.11 bits per heavy atom. The van der Waals surface area contributed by atoms with Gasteiger partial charge in [-0.25, -0.2) is 0 Å². The van der Waals surface area contributed by atoms with Crippen LogP contribution in [0.25, 0.3) is 10.8 Å². The van der Waals surface area contributed by atoms with Gasteiger partial charge in [-0.15, -0.1) is 24.5 Å². The molecule has 0 spiro atoms. The fourth-order valence-electron chi connectivity index (χ4n) is 2.91. The lowest BCUT2D eigenvalue weighted by Gasteiger charge is -2.15. The molecule has 1 aromatic carbocycles. The molecule has 0 saturated heterocycles. The number of nitrogens with zero attached hydrogens (tertiary/aromatic N) is 2. The number of nitrogens with one attached hydrogen (secondary N) is 1. The Morgan fingerprint density at radius 3 is 2.89 bits per heavy atom. The van der Waals surface area contributed by atoms with Crippen LogP contribution in [0.15, 0.2) is 34.9 Å². The van der Waals surface area contributed by atoms with E-state index >= 15 is 0 Å². The van der Waals surface area contributed by atoms with Gasteiger partial charge in [0.05, 0.1) is 10.9 Å². The standard InChI is InChI=1S/C17H15F3N4O2S/c18-17(19,20)25-11-4-2-1-3-10(11)14(21)15-23-16(26-24-15)12-7-9-5-6-22-8-13(9)27-12/h1-4,7,14,22H,5-6,8,21H2. The maximum absolute atomic E-state index is 12.6. The van der Waals surface area contributed by atoms with Crippen molar-refractivity contribution >= 4 is 11.3 Å². The van der Waals surface area contributed by atoms with E-state index in [1.807, 2.05) is 6.07 Å². The molecule has 0 fully saturated rings. The molecular weight excluding hydrogens is 381 g/mol. The summed E-state index contributed by atoms with van der Waals surface area (Å²) in [7, 11) is 0. The highest BCUT2D eigenvalue weighted by Crippen LogP contribution is 2.35. The monoisotopic (exact) mass is 396 g/mol. The van der Waals surface area contributed by atoms with Gasteiger partial charge in [-0.1, -0.05) is 23.4 Å². The summed E-state index contributed by atoms with van der Waals surface area (Å²) in [6, 6.07) is 6.63. The van der Waals surface area contributed by atoms with Crippen LogP contribution in [0.1, 0.15) is 27.9 Å². The van der Waals surface area contributed by atoms with E-state index in [0.29, 0.717) is 5.89 Å². The number of thiophene rings is 1. The topological polar surface area (TPSA) is 86.2 Å². The second kappa shape index (κ2) is 6.95. The quantitative estimate of drug-likeness (QED) is 0.703. The average Bonchev–Trinajstić information content (AvgIpc) is 3.27. The summed E-state index contributed by atoms with van der Waals surface area (Å²) < 4.78 is 47.2. The minimum absolute atomic E-state index is 0.0905. The zero-order chi connectivity index (χ0) is 19.0. The van der Waals surface area contributed by atoms with E-state index in [1.54, 1.807) is 17.4 Å². The number of rotatable bonds is 4. The zero-order valence-electron chi connectivity index (χ0n) is 13.9. The first-order valence-corrected chi connectivity index (χ1v) is 8.99. The number of alkyl halides is 3. The summed E-state index contributed by atoms with van der Waals surface area (Å²) in [6.45, 7) is 1.71. The van der Waals surface area contributed by atoms with Crippen molar-refractivity contribution in [3.8, 4) is 16.5 Å². The number of ether oxygens (including phenoxy) is 1. The van der Waals surface area contributed by atoms with Crippen LogP contribution in [0.3, 0.4) is 0 Å². The van der Waals surface area contributed by atoms with Gasteiger partial charge in [-0.05, 0) is 30.7 Å². The first kappa shape index (κ1) is 18.0. The fourth-order valence-corrected chi connectivity index (χ4v) is 4.02. The predicted octanol–water partition coefficient (Wildman–Crippen LogP) is 3.39. The Bertz CT molecular complexity index is 930. The molecule has 3 N–H and O–H groups in total. The van der Waals surface area contributed by atoms with Crippen LogP contribution < -0.4 is 15.8 Å². The maximum atomic E-state index is 12.6. The number of benzene rings is 1. The molecule has 0 aliphatic carbocycles. The molecule has 0 amide bonds. The molecule has 142 valence electrons. The highest BCUT2D eigenvalue weighted by Gasteiger charge is 2.33. The number of hydrogen-bond donors (Lipinski definition) is 2. The molecule has 1 atom stereocenters. The second-order valence-electron chi connectivity index (χ2n) is 6.01. The summed E-state index contributed by atoms with van der Waals surface area (Å²) in [5, 5.41) is 7.15. The van der Waals surface area contributed by atoms with Crippen molar-refractivity contribution in [2.75, 3.05) is 6.54 Å². The fraction of sp³-hybridized carbons (Fsp3) is 0.294. The summed E-state index contributed by atoms with van der Waals surface area (Å²) >= 11 is 1.55. The van der Waals surface area contributed by atoms with Crippen molar-refractivity contribution in [2.45, 2.75) is 25.4 Å². The number of para-hydroxylation sites is 1. The molecule has 2 aromatic heterocycles. The van der Waals surface area contributed by atoms with Gasteiger partial charge in [0.2, 0.25) is 0 Å². The second-order valence-corrected chi connectivity index (χ2v) is 7.14. The number of fused-ring (bicyclic) bond motifs is 1. The van der Waals surface area contributed by atoms with E-state index in [-0.39, 0.29) is 17.1 Å². The van der Waals surface area contributed by atoms with Gasteiger partial charge in [0.25, 0.3) is 5.89 Å². The Kier molecular flexibility index (Phi) is 4.62. The van der Waals surface area contributed by atoms with E-state index in [9.17, 15) is 13.2 Å². The van der Waals surface area contributed by atoms with Crippen LogP contribution >= 0.6 is 11.3 Å². The molecule has 1 aliphatic rings. The molecular formula is C17H15F3N4O2S. The molecule has 1 unspecified atom stereocenters. The van der Waals surface area contributed by atoms with Gasteiger partial charge >= 0.3 is 6.36 Å². The summed E-state index contributed by atoms with van der Waals surface area (Å²) in [5.74, 6) is 0.00306. The predicted molar refractivity (Wildman–Crippen MR) is 92.2 cm³/mol. The molecule has 0 bridgehead atoms. The van der Waals surface area contributed by atoms with Gasteiger partial charge in [0.1, 0.15) is 5.75 Å². The normalized spacial score (nSPS) is 15.4. The minimum atomic E-state index is -4.82. The summed E-state index contributed by atoms with van der Waals surface area (Å²) in [4.78, 5) is 6.31. The van der Waals surface area contributed by atoms with Crippen molar-refractivity contribution in [2.24, 2.45) is 5.73 Å². The third kappa shape index (κ3) is 3.82. The summed E-state index contributed by atoms with van der Waals surface area (Å²) in [5.41, 5.74) is 7.45. The Hall–Kier alpha value is -2.43. The Balaban J connectivity index is 1.61. The molecule has 3 heterocycles. The SMILES string of the molecule is NC(c1noc(-c2cc3c(s2)CNCC3)n1)c1ccccc1OC(F)(F)F. The molecule has 3 aromatic rings. The van der Waals surface area contributed by atoms with Gasteiger partial charge in [0, 0.05) is 17.0 Å². The molecule has 10 heteroatoms. The summed E-state index contributed by atoms with van der Waals surface area (Å²) in [6.07, 6.45) is -3.89. The van der Waals surface area contributed by atoms with Gasteiger partial charge < -0.3 is 20.3 Å². The molecule has 27 heavy (non-hydrogen) atoms. The van der Waals surface area contributed by atoms with Gasteiger partial charge in [-0.3, -0.25) is 0 Å². The maximum Gasteiger partial charge on any atom is 0.573 e. The number of aromatic nitrogens is 2. The molecule has 0 saturated carbocycles. The van der Waals surface area contributed by atoms with E-state index in [4.69, 9.17) is 10.3 Å². The van der Waals surface area contributed by atoms with E-state index in [0.717, 1.165) is 24.4 Å². The molecule has 0 radical (unpaired) electrons. The van der Waals surface area contributed by atoms with Crippen LogP contribution in [0.2, 0.25) is 0 Å². The molecule has 6 nitrogen and oxygen atoms in total. The van der Waals surface area contributed by atoms with Crippen LogP contribution in [-0.2, 0) is 13.0 Å². The van der Waals surface area contributed by atoms with Gasteiger partial charge in [0.15, 0.2) is 5.82 Å². The first-order valence-electron chi connectivity index (χ1n) is 8.17. The minimum Gasteiger partial charge on any atom is -0.405 e. The smallest absolute Gasteiger partial charge is 0.405 e. The van der Waals surface area contributed by atoms with Crippen molar-refractivity contribution in [1.29, 1.82) is 0 Å². The van der Waals surface area contributed by atoms with Crippen molar-refractivity contribution < 1.29 is 22.4 Å². The average molecular weight is 396 g/mol. The number of nitrogens with two attached hydrogens (primary N) is 1. The highest BCUT2D eigenvalue weighted by molar-refractivity contribution is 7.15. The van der Waals surface area contributed by atoms with E-state index in [1.165, 1.54) is 28.6 Å². The number of halogens is 3. The van der Waals surface area contributed by atoms with Crippen LogP contribution in [0.4, 0.5) is 13.2 Å². The lowest BCUT2D eigenvalue weighted by molar-refractivity contribution is -0.274. The van der Waals surface area contributed by atoms with Crippen molar-refractivity contribution in [3.63, 3.8) is 0 Å². The molecule has 1 aliphatic heterocycles. The lowest BCUT2D eigenvalue weighted by Crippen LogP contribution is -2.21. The van der Waals surface area contributed by atoms with Gasteiger partial charge in [-0.2, -0.15) is 4.98 Å². The van der Waals surface area contributed by atoms with E-state index in [2.05, 4.69) is 20.2 Å². The lowest BCUT2D eigenvalue weighted by atomic mass is 10.1. The van der Waals surface area contributed by atoms with Crippen molar-refractivity contribution in [3.05, 3.63) is 52.2 Å². The highest BCUT2D eigenvalue weighted by atomic mass is 32.1. The third-order valence-corrected chi connectivity index (χ3v) is 5.33. The zero-order valence-corrected chi connectivity index (χ0v) is 14.7. The number of hydrogen-bond acceptors (Lipinski definition) is 7. The van der Waals surface area contributed by atoms with Crippen molar-refractivity contribution in [1.82, 2.24) is 15.5 Å². The van der Waals surface area contributed by atoms with E-state index < -0.39 is 12.4 Å². The molecule has 4 rings (SSSR count). The Labute approximate surface area is 156 Å². The van der Waals surface area contributed by atoms with Crippen LogP contribution in [0.5, 0.6) is 5.75 Å². The van der Waals surface area contributed by atoms with Crippen LogP contribution in [0, 0.1) is 0 Å². The first-order chi connectivity index (χ1) is 12.9. The van der Waals surface area contributed by atoms with Crippen LogP contribution in [-0.4, -0.2) is 23.0 Å². The largest absolute Gasteiger partial charge is 0.573 e. The Morgan fingerprint density at radius 1 is 1.30 bits per heavy atom. The third-order valence-electron chi connectivity index (χ3n) is 4.16.